The number of hydrogen-bond donors (Lipinski definition) is 3. The number of carbonyl (C=O) groups excluding carboxylic acids is 1. The summed E-state index contributed by atoms with van der Waals surface area (Å²) >= 11 is 1.54. The van der Waals surface area contributed by atoms with Gasteiger partial charge < -0.3 is 20.5 Å². The van der Waals surface area contributed by atoms with Crippen LogP contribution in [0.25, 0.3) is 11.3 Å². The zero-order chi connectivity index (χ0) is 21.1. The van der Waals surface area contributed by atoms with Gasteiger partial charge in [-0.3, -0.25) is 4.98 Å². The van der Waals surface area contributed by atoms with E-state index in [0.717, 1.165) is 16.7 Å². The molecule has 3 aromatic rings. The van der Waals surface area contributed by atoms with Crippen molar-refractivity contribution in [1.82, 2.24) is 15.6 Å². The van der Waals surface area contributed by atoms with Crippen molar-refractivity contribution in [3.05, 3.63) is 75.7 Å². The van der Waals surface area contributed by atoms with Gasteiger partial charge in [-0.05, 0) is 59.1 Å². The second kappa shape index (κ2) is 8.27. The number of ether oxygens (including phenoxy) is 1. The summed E-state index contributed by atoms with van der Waals surface area (Å²) in [6, 6.07) is 9.94. The first-order valence-electron chi connectivity index (χ1n) is 9.26. The van der Waals surface area contributed by atoms with E-state index in [-0.39, 0.29) is 23.1 Å². The summed E-state index contributed by atoms with van der Waals surface area (Å²) in [4.78, 5) is 16.7. The molecular formula is C22H18N4O3S. The van der Waals surface area contributed by atoms with E-state index in [9.17, 15) is 15.2 Å². The lowest BCUT2D eigenvalue weighted by Crippen LogP contribution is -2.43. The molecule has 1 aromatic carbocycles. The Hall–Kier alpha value is -3.83. The Labute approximate surface area is 177 Å². The normalized spacial score (nSPS) is 15.9. The fraction of sp³-hybridized carbons (Fsp3) is 0.136. The lowest BCUT2D eigenvalue weighted by molar-refractivity contribution is 0.242. The molecule has 0 spiro atoms. The van der Waals surface area contributed by atoms with E-state index >= 15 is 0 Å². The van der Waals surface area contributed by atoms with Crippen LogP contribution in [0.1, 0.15) is 35.2 Å². The van der Waals surface area contributed by atoms with Crippen LogP contribution in [0.3, 0.4) is 0 Å². The standard InChI is InChI=1S/C22H18N4O3S/c1-2-29-17-9-15(8-16(10-23)21(17)27)20-18(14-5-7-30-12-14)19(25-22(28)26-20)13-4-3-6-24-11-13/h3-9,11-12,20,27H,2H2,1H3,(H2,25,26,28). The van der Waals surface area contributed by atoms with Gasteiger partial charge in [0.05, 0.1) is 23.9 Å². The Balaban J connectivity index is 1.95. The summed E-state index contributed by atoms with van der Waals surface area (Å²) in [5.41, 5.74) is 3.88. The molecule has 150 valence electrons. The Morgan fingerprint density at radius 3 is 2.87 bits per heavy atom. The average Bonchev–Trinajstić information content (AvgIpc) is 3.30. The van der Waals surface area contributed by atoms with Crippen molar-refractivity contribution in [2.75, 3.05) is 6.61 Å². The molecule has 0 saturated heterocycles. The highest BCUT2D eigenvalue weighted by Crippen LogP contribution is 2.41. The molecule has 2 amide bonds. The number of rotatable bonds is 5. The molecule has 0 saturated carbocycles. The molecule has 1 atom stereocenters. The quantitative estimate of drug-likeness (QED) is 0.580. The van der Waals surface area contributed by atoms with Gasteiger partial charge in [0.25, 0.3) is 0 Å². The van der Waals surface area contributed by atoms with Gasteiger partial charge in [-0.25, -0.2) is 4.79 Å². The smallest absolute Gasteiger partial charge is 0.320 e. The zero-order valence-corrected chi connectivity index (χ0v) is 16.9. The van der Waals surface area contributed by atoms with Crippen molar-refractivity contribution < 1.29 is 14.6 Å². The monoisotopic (exact) mass is 418 g/mol. The maximum absolute atomic E-state index is 12.6. The zero-order valence-electron chi connectivity index (χ0n) is 16.0. The van der Waals surface area contributed by atoms with Crippen LogP contribution in [0.15, 0.2) is 53.5 Å². The van der Waals surface area contributed by atoms with Crippen molar-refractivity contribution in [2.24, 2.45) is 0 Å². The summed E-state index contributed by atoms with van der Waals surface area (Å²) < 4.78 is 5.52. The number of nitrogens with zero attached hydrogens (tertiary/aromatic N) is 2. The van der Waals surface area contributed by atoms with E-state index < -0.39 is 6.04 Å². The van der Waals surface area contributed by atoms with Crippen molar-refractivity contribution in [2.45, 2.75) is 13.0 Å². The molecule has 7 nitrogen and oxygen atoms in total. The molecule has 3 heterocycles. The number of nitrogens with one attached hydrogen (secondary N) is 2. The number of phenols is 1. The molecule has 1 unspecified atom stereocenters. The van der Waals surface area contributed by atoms with Crippen LogP contribution < -0.4 is 15.4 Å². The number of hydrogen-bond acceptors (Lipinski definition) is 6. The first kappa shape index (κ1) is 19.5. The number of aromatic hydroxyl groups is 1. The fourth-order valence-electron chi connectivity index (χ4n) is 3.43. The minimum absolute atomic E-state index is 0.0799. The second-order valence-electron chi connectivity index (χ2n) is 6.53. The Kier molecular flexibility index (Phi) is 5.37. The van der Waals surface area contributed by atoms with Gasteiger partial charge in [0.2, 0.25) is 0 Å². The molecule has 30 heavy (non-hydrogen) atoms. The largest absolute Gasteiger partial charge is 0.503 e. The number of aromatic nitrogens is 1. The topological polar surface area (TPSA) is 107 Å². The first-order chi connectivity index (χ1) is 14.6. The predicted octanol–water partition coefficient (Wildman–Crippen LogP) is 4.04. The van der Waals surface area contributed by atoms with Crippen LogP contribution in [0.2, 0.25) is 0 Å². The summed E-state index contributed by atoms with van der Waals surface area (Å²) in [5.74, 6) is -0.0103. The Morgan fingerprint density at radius 1 is 1.33 bits per heavy atom. The van der Waals surface area contributed by atoms with Crippen molar-refractivity contribution >= 4 is 28.6 Å². The fourth-order valence-corrected chi connectivity index (χ4v) is 4.08. The van der Waals surface area contributed by atoms with Crippen molar-refractivity contribution in [1.29, 1.82) is 5.26 Å². The molecule has 4 rings (SSSR count). The number of amides is 2. The van der Waals surface area contributed by atoms with E-state index in [1.807, 2.05) is 29.0 Å². The summed E-state index contributed by atoms with van der Waals surface area (Å²) in [6.45, 7) is 2.12. The summed E-state index contributed by atoms with van der Waals surface area (Å²) in [7, 11) is 0. The molecule has 1 aliphatic heterocycles. The van der Waals surface area contributed by atoms with E-state index in [4.69, 9.17) is 4.74 Å². The highest BCUT2D eigenvalue weighted by atomic mass is 32.1. The second-order valence-corrected chi connectivity index (χ2v) is 7.31. The van der Waals surface area contributed by atoms with Gasteiger partial charge in [-0.15, -0.1) is 0 Å². The van der Waals surface area contributed by atoms with Crippen molar-refractivity contribution in [3.8, 4) is 17.6 Å². The van der Waals surface area contributed by atoms with Gasteiger partial charge in [-0.1, -0.05) is 0 Å². The average molecular weight is 418 g/mol. The number of phenolic OH excluding ortho intramolecular Hbond substituents is 1. The number of benzene rings is 1. The van der Waals surface area contributed by atoms with E-state index in [1.54, 1.807) is 48.9 Å². The van der Waals surface area contributed by atoms with Gasteiger partial charge in [0.1, 0.15) is 6.07 Å². The molecule has 0 aliphatic carbocycles. The van der Waals surface area contributed by atoms with Gasteiger partial charge >= 0.3 is 6.03 Å². The Bertz CT molecular complexity index is 1150. The lowest BCUT2D eigenvalue weighted by atomic mass is 9.88. The van der Waals surface area contributed by atoms with E-state index in [0.29, 0.717) is 17.9 Å². The van der Waals surface area contributed by atoms with Crippen molar-refractivity contribution in [3.63, 3.8) is 0 Å². The Morgan fingerprint density at radius 2 is 2.20 bits per heavy atom. The predicted molar refractivity (Wildman–Crippen MR) is 114 cm³/mol. The van der Waals surface area contributed by atoms with Gasteiger partial charge in [0, 0.05) is 23.5 Å². The number of pyridine rings is 1. The van der Waals surface area contributed by atoms with Crippen LogP contribution in [0.5, 0.6) is 11.5 Å². The minimum Gasteiger partial charge on any atom is -0.503 e. The number of thiophene rings is 1. The van der Waals surface area contributed by atoms with Gasteiger partial charge in [-0.2, -0.15) is 16.6 Å². The third-order valence-electron chi connectivity index (χ3n) is 4.71. The molecule has 0 radical (unpaired) electrons. The first-order valence-corrected chi connectivity index (χ1v) is 10.2. The van der Waals surface area contributed by atoms with Crippen LogP contribution in [0.4, 0.5) is 4.79 Å². The molecule has 0 fully saturated rings. The minimum atomic E-state index is -0.560. The third kappa shape index (κ3) is 3.58. The number of urea groups is 1. The molecule has 1 aliphatic rings. The van der Waals surface area contributed by atoms with E-state index in [1.165, 1.54) is 0 Å². The van der Waals surface area contributed by atoms with Crippen LogP contribution >= 0.6 is 11.3 Å². The number of nitriles is 1. The van der Waals surface area contributed by atoms with Crippen LogP contribution in [-0.4, -0.2) is 22.7 Å². The summed E-state index contributed by atoms with van der Waals surface area (Å²) in [5, 5.41) is 29.6. The molecular weight excluding hydrogens is 400 g/mol. The molecule has 8 heteroatoms. The van der Waals surface area contributed by atoms with Crippen LogP contribution in [0, 0.1) is 11.3 Å². The molecule has 0 bridgehead atoms. The maximum atomic E-state index is 12.6. The highest BCUT2D eigenvalue weighted by Gasteiger charge is 2.31. The number of carbonyl (C=O) groups is 1. The third-order valence-corrected chi connectivity index (χ3v) is 5.39. The maximum Gasteiger partial charge on any atom is 0.320 e. The van der Waals surface area contributed by atoms with Crippen LogP contribution in [-0.2, 0) is 0 Å². The molecule has 2 aromatic heterocycles. The SMILES string of the molecule is CCOc1cc(C2NC(=O)NC(c3cccnc3)=C2c2ccsc2)cc(C#N)c1O. The van der Waals surface area contributed by atoms with Gasteiger partial charge in [0.15, 0.2) is 11.5 Å². The molecule has 3 N–H and O–H groups in total. The lowest BCUT2D eigenvalue weighted by Gasteiger charge is -2.31. The summed E-state index contributed by atoms with van der Waals surface area (Å²) in [6.07, 6.45) is 3.36. The van der Waals surface area contributed by atoms with E-state index in [2.05, 4.69) is 15.6 Å². The highest BCUT2D eigenvalue weighted by molar-refractivity contribution is 7.08.